The maximum absolute atomic E-state index is 14.7. The zero-order chi connectivity index (χ0) is 48.4. The lowest BCUT2D eigenvalue weighted by Gasteiger charge is -2.47. The molecule has 3 aromatic rings. The van der Waals surface area contributed by atoms with E-state index in [1.54, 1.807) is 25.9 Å². The van der Waals surface area contributed by atoms with E-state index >= 15 is 0 Å². The molecule has 0 spiro atoms. The largest absolute Gasteiger partial charge is 0.494 e. The Bertz CT molecular complexity index is 2220. The minimum Gasteiger partial charge on any atom is -0.494 e. The van der Waals surface area contributed by atoms with Gasteiger partial charge in [-0.3, -0.25) is 19.2 Å². The molecular formula is C47H69N9O10S. The molecule has 0 radical (unpaired) electrons. The molecule has 8 rings (SSSR count). The van der Waals surface area contributed by atoms with Crippen LogP contribution in [0.5, 0.6) is 5.75 Å². The van der Waals surface area contributed by atoms with Crippen LogP contribution in [-0.2, 0) is 46.2 Å². The molecule has 0 unspecified atom stereocenters. The van der Waals surface area contributed by atoms with Gasteiger partial charge in [-0.2, -0.15) is 0 Å². The van der Waals surface area contributed by atoms with Crippen molar-refractivity contribution in [1.29, 1.82) is 0 Å². The molecule has 5 aliphatic heterocycles. The smallest absolute Gasteiger partial charge is 0.410 e. The van der Waals surface area contributed by atoms with Crippen LogP contribution in [0, 0.1) is 23.7 Å². The fourth-order valence-corrected chi connectivity index (χ4v) is 11.4. The zero-order valence-corrected chi connectivity index (χ0v) is 41.3. The Kier molecular flexibility index (Phi) is 15.8. The predicted molar refractivity (Wildman–Crippen MR) is 249 cm³/mol. The number of Topliss-reactive ketones (excluding diaryl/α,β-unsaturated/α-hetero) is 1. The van der Waals surface area contributed by atoms with Crippen molar-refractivity contribution in [3.63, 3.8) is 0 Å². The van der Waals surface area contributed by atoms with E-state index in [0.717, 1.165) is 11.3 Å². The second kappa shape index (κ2) is 21.1. The molecule has 1 aromatic carbocycles. The molecule has 7 heterocycles. The fraction of sp³-hybridized carbons (Fsp3) is 0.702. The number of aromatic nitrogens is 5. The number of aliphatic hydroxyl groups excluding tert-OH is 1. The van der Waals surface area contributed by atoms with Crippen LogP contribution < -0.4 is 10.5 Å². The molecule has 10 bridgehead atoms. The maximum atomic E-state index is 14.7. The van der Waals surface area contributed by atoms with Gasteiger partial charge < -0.3 is 44.2 Å². The normalized spacial score (nSPS) is 35.3. The van der Waals surface area contributed by atoms with E-state index in [0.29, 0.717) is 60.6 Å². The summed E-state index contributed by atoms with van der Waals surface area (Å²) in [6.07, 6.45) is -0.983. The lowest BCUT2D eigenvalue weighted by Crippen LogP contribution is -2.60. The number of rotatable bonds is 4. The molecule has 2 aromatic heterocycles. The summed E-state index contributed by atoms with van der Waals surface area (Å²) in [5.74, 6) is -3.71. The van der Waals surface area contributed by atoms with Gasteiger partial charge in [0, 0.05) is 81.5 Å². The number of cyclic esters (lactones) is 1. The van der Waals surface area contributed by atoms with Crippen molar-refractivity contribution in [2.24, 2.45) is 34.4 Å². The second-order valence-electron chi connectivity index (χ2n) is 19.2. The molecule has 67 heavy (non-hydrogen) atoms. The Morgan fingerprint density at radius 1 is 1.00 bits per heavy atom. The summed E-state index contributed by atoms with van der Waals surface area (Å²) in [5.41, 5.74) is 5.77. The van der Waals surface area contributed by atoms with Crippen molar-refractivity contribution < 1.29 is 47.9 Å². The van der Waals surface area contributed by atoms with E-state index in [1.807, 2.05) is 76.8 Å². The summed E-state index contributed by atoms with van der Waals surface area (Å²) in [6.45, 7) is 16.6. The molecule has 3 saturated heterocycles. The number of benzene rings is 1. The van der Waals surface area contributed by atoms with E-state index in [2.05, 4.69) is 25.4 Å². The number of aryl methyl sites for hydroxylation is 1. The standard InChI is InChI=1S/C47H69N9O10S/c1-11-35-47(8)39(56(21-18-48)45(60)66-47)28(4)36-26(2)24-46(7,61-10)40(29(5)37(57)30(6)42(59)64-35)65-43-38(58)34(23-27(3)63-43)54(9)20-17-32-25-55(53-50-32)19-12-22-62-33-15-13-31(14-16-33)41-51-52-44(49-36)67-41/h13-16,25-30,34-35,38-40,43,58H,11-12,17-24,48H2,1-10H3/t26-,27-,28+,29+,30-,34+,35-,38-,39-,40-,43+,46-,47-/m1/s1. The van der Waals surface area contributed by atoms with Gasteiger partial charge in [0.1, 0.15) is 28.9 Å². The Morgan fingerprint density at radius 2 is 1.75 bits per heavy atom. The highest BCUT2D eigenvalue weighted by molar-refractivity contribution is 7.18. The minimum atomic E-state index is -1.38. The van der Waals surface area contributed by atoms with Gasteiger partial charge in [-0.25, -0.2) is 9.79 Å². The van der Waals surface area contributed by atoms with E-state index in [4.69, 9.17) is 39.1 Å². The molecule has 0 saturated carbocycles. The fourth-order valence-electron chi connectivity index (χ4n) is 10.6. The predicted octanol–water partition coefficient (Wildman–Crippen LogP) is 4.86. The highest BCUT2D eigenvalue weighted by Gasteiger charge is 2.60. The number of carbonyl (C=O) groups excluding carboxylic acids is 3. The van der Waals surface area contributed by atoms with Crippen molar-refractivity contribution >= 4 is 40.0 Å². The van der Waals surface area contributed by atoms with Gasteiger partial charge in [0.15, 0.2) is 17.7 Å². The van der Waals surface area contributed by atoms with Crippen LogP contribution in [0.2, 0.25) is 0 Å². The summed E-state index contributed by atoms with van der Waals surface area (Å²) in [4.78, 5) is 51.8. The van der Waals surface area contributed by atoms with E-state index in [1.165, 1.54) is 18.3 Å². The third-order valence-corrected chi connectivity index (χ3v) is 15.2. The molecule has 20 heteroatoms. The summed E-state index contributed by atoms with van der Waals surface area (Å²) in [5, 5.41) is 31.0. The Hall–Kier alpha value is -4.44. The molecule has 368 valence electrons. The Balaban J connectivity index is 1.36. The van der Waals surface area contributed by atoms with E-state index in [-0.39, 0.29) is 38.1 Å². The third-order valence-electron chi connectivity index (χ3n) is 14.3. The summed E-state index contributed by atoms with van der Waals surface area (Å²) >= 11 is 1.31. The first-order valence-corrected chi connectivity index (χ1v) is 24.4. The second-order valence-corrected chi connectivity index (χ2v) is 20.1. The number of hydrogen-bond acceptors (Lipinski definition) is 18. The number of nitrogens with two attached hydrogens (primary N) is 1. The summed E-state index contributed by atoms with van der Waals surface area (Å²) in [6, 6.07) is 6.55. The van der Waals surface area contributed by atoms with Crippen molar-refractivity contribution in [3.8, 4) is 16.3 Å². The highest BCUT2D eigenvalue weighted by atomic mass is 32.1. The quantitative estimate of drug-likeness (QED) is 0.263. The van der Waals surface area contributed by atoms with Crippen molar-refractivity contribution in [2.75, 3.05) is 40.4 Å². The van der Waals surface area contributed by atoms with Crippen LogP contribution in [0.4, 0.5) is 9.93 Å². The third kappa shape index (κ3) is 10.6. The molecule has 3 N–H and O–H groups in total. The lowest BCUT2D eigenvalue weighted by molar-refractivity contribution is -0.295. The minimum absolute atomic E-state index is 0.147. The van der Waals surface area contributed by atoms with Gasteiger partial charge in [0.05, 0.1) is 36.2 Å². The van der Waals surface area contributed by atoms with Crippen LogP contribution in [-0.4, -0.2) is 158 Å². The maximum Gasteiger partial charge on any atom is 0.410 e. The van der Waals surface area contributed by atoms with Crippen LogP contribution in [0.3, 0.4) is 0 Å². The zero-order valence-electron chi connectivity index (χ0n) is 40.5. The molecule has 0 aliphatic carbocycles. The number of fused-ring (bicyclic) bond motifs is 8. The number of nitrogens with zero attached hydrogens (tertiary/aromatic N) is 8. The summed E-state index contributed by atoms with van der Waals surface area (Å²) in [7, 11) is 3.50. The number of aliphatic imine (C=N–C) groups is 1. The molecular weight excluding hydrogens is 883 g/mol. The monoisotopic (exact) mass is 951 g/mol. The van der Waals surface area contributed by atoms with Crippen LogP contribution in [0.1, 0.15) is 86.8 Å². The van der Waals surface area contributed by atoms with Gasteiger partial charge in [-0.15, -0.1) is 15.3 Å². The molecule has 19 nitrogen and oxygen atoms in total. The number of likely N-dealkylation sites (N-methyl/N-ethyl adjacent to an activating group) is 1. The average molecular weight is 952 g/mol. The number of ketones is 1. The van der Waals surface area contributed by atoms with Crippen LogP contribution in [0.15, 0.2) is 35.5 Å². The van der Waals surface area contributed by atoms with E-state index < -0.39 is 83.4 Å². The van der Waals surface area contributed by atoms with E-state index in [9.17, 15) is 19.5 Å². The molecule has 1 amide bonds. The van der Waals surface area contributed by atoms with Crippen molar-refractivity contribution in [3.05, 3.63) is 36.2 Å². The first kappa shape index (κ1) is 50.4. The van der Waals surface area contributed by atoms with Crippen LogP contribution in [0.25, 0.3) is 10.6 Å². The number of amides is 1. The number of ether oxygens (including phenoxy) is 6. The first-order valence-electron chi connectivity index (χ1n) is 23.6. The Labute approximate surface area is 397 Å². The number of carbonyl (C=O) groups is 3. The number of methoxy groups -OCH3 is 1. The van der Waals surface area contributed by atoms with Gasteiger partial charge in [-0.05, 0) is 84.2 Å². The number of esters is 1. The van der Waals surface area contributed by atoms with Crippen molar-refractivity contribution in [1.82, 2.24) is 35.0 Å². The first-order chi connectivity index (χ1) is 31.9. The lowest BCUT2D eigenvalue weighted by atomic mass is 9.73. The van der Waals surface area contributed by atoms with Crippen LogP contribution >= 0.6 is 11.3 Å². The topological polar surface area (TPSA) is 228 Å². The highest BCUT2D eigenvalue weighted by Crippen LogP contribution is 2.44. The summed E-state index contributed by atoms with van der Waals surface area (Å²) < 4.78 is 40.2. The Morgan fingerprint density at radius 3 is 2.45 bits per heavy atom. The number of hydrogen-bond donors (Lipinski definition) is 2. The molecule has 3 fully saturated rings. The SMILES string of the molecule is CC[C@H]1OC(=O)[C@H](C)C(=O)[C@H](C)[C@H]2O[C@@H]3O[C@H](C)C[C@@H]([C@H]3O)N(C)CCc3cn(nn3)CCCOc3ccc(cc3)-c3nnc(s3)N=C([C@H](C)C[C@@]2(C)OC)[C@H](C)[C@H]2N(CCN)C(=O)O[C@]12C. The van der Waals surface area contributed by atoms with Gasteiger partial charge in [0.2, 0.25) is 5.13 Å². The van der Waals surface area contributed by atoms with Gasteiger partial charge in [0.25, 0.3) is 0 Å². The van der Waals surface area contributed by atoms with Gasteiger partial charge in [-0.1, -0.05) is 44.2 Å². The molecule has 13 atom stereocenters. The average Bonchev–Trinajstić information content (AvgIpc) is 4.04. The molecule has 5 aliphatic rings. The van der Waals surface area contributed by atoms with Crippen molar-refractivity contribution in [2.45, 2.75) is 148 Å². The number of aliphatic hydroxyl groups is 1. The van der Waals surface area contributed by atoms with Gasteiger partial charge >= 0.3 is 12.1 Å².